The summed E-state index contributed by atoms with van der Waals surface area (Å²) in [4.78, 5) is 21.6. The van der Waals surface area contributed by atoms with E-state index in [4.69, 9.17) is 0 Å². The van der Waals surface area contributed by atoms with E-state index < -0.39 is 18.4 Å². The standard InChI is InChI=1S/C12H17.2CH3NO.2ClH.Ti/c1-8-9(2)11-6-4-5-7-12(11)10(8)3;2*2-1-3;;;/h6,10H,4-5,7H2,1-3H3;2*1H,(H2,2,3);2*1H;/q;;;;;+4/p-4. The molecule has 0 aromatic carbocycles. The van der Waals surface area contributed by atoms with Gasteiger partial charge in [0.25, 0.3) is 0 Å². The molecule has 2 N–H and O–H groups in total. The Morgan fingerprint density at radius 1 is 1.14 bits per heavy atom. The Morgan fingerprint density at radius 2 is 1.71 bits per heavy atom. The van der Waals surface area contributed by atoms with E-state index in [1.54, 1.807) is 0 Å². The second-order valence-corrected chi connectivity index (χ2v) is 8.63. The fourth-order valence-corrected chi connectivity index (χ4v) is 6.41. The first kappa shape index (κ1) is 20.7. The van der Waals surface area contributed by atoms with E-state index in [0.717, 1.165) is 32.1 Å². The number of rotatable bonds is 5. The minimum absolute atomic E-state index is 0. The third-order valence-electron chi connectivity index (χ3n) is 4.58. The largest absolute Gasteiger partial charge is 1.00 e. The van der Waals surface area contributed by atoms with Gasteiger partial charge in [-0.2, -0.15) is 0 Å². The smallest absolute Gasteiger partial charge is 1.00 e. The number of hydrogen-bond acceptors (Lipinski definition) is 2. The summed E-state index contributed by atoms with van der Waals surface area (Å²) in [6.45, 7) is 6.66. The molecule has 2 unspecified atom stereocenters. The zero-order valence-electron chi connectivity index (χ0n) is 12.5. The Balaban J connectivity index is 0.00000200. The summed E-state index contributed by atoms with van der Waals surface area (Å²) in [6, 6.07) is 0. The topological polar surface area (TPSA) is 58.2 Å². The third-order valence-corrected chi connectivity index (χ3v) is 7.91. The molecule has 2 atom stereocenters. The average Bonchev–Trinajstić information content (AvgIpc) is 2.64. The molecule has 0 aromatic rings. The monoisotopic (exact) mass is 367 g/mol. The van der Waals surface area contributed by atoms with Crippen LogP contribution < -0.4 is 32.4 Å². The van der Waals surface area contributed by atoms with Crippen LogP contribution in [0.2, 0.25) is 4.22 Å². The van der Waals surface area contributed by atoms with E-state index >= 15 is 0 Å². The molecule has 2 aliphatic carbocycles. The summed E-state index contributed by atoms with van der Waals surface area (Å²) in [5, 5.41) is 0. The fourth-order valence-electron chi connectivity index (χ4n) is 3.41. The summed E-state index contributed by atoms with van der Waals surface area (Å²) >= 11 is -2.11. The van der Waals surface area contributed by atoms with Crippen LogP contribution in [0.3, 0.4) is 0 Å². The molecule has 2 aliphatic rings. The molecule has 0 spiro atoms. The van der Waals surface area contributed by atoms with Crippen molar-refractivity contribution in [2.45, 2.75) is 44.3 Å². The Bertz CT molecular complexity index is 456. The first-order valence-electron chi connectivity index (χ1n) is 6.79. The van der Waals surface area contributed by atoms with Crippen LogP contribution in [-0.4, -0.2) is 12.8 Å². The van der Waals surface area contributed by atoms with Gasteiger partial charge in [0.05, 0.1) is 0 Å². The maximum atomic E-state index is 10.8. The Hall–Kier alpha value is -0.286. The summed E-state index contributed by atoms with van der Waals surface area (Å²) in [7, 11) is 0. The van der Waals surface area contributed by atoms with E-state index in [9.17, 15) is 9.59 Å². The van der Waals surface area contributed by atoms with Gasteiger partial charge in [0, 0.05) is 0 Å². The van der Waals surface area contributed by atoms with Gasteiger partial charge in [-0.05, 0) is 0 Å². The molecular formula is C14H21Cl2N2O2Ti. The Labute approximate surface area is 145 Å². The number of allylic oxidation sites excluding steroid dienone is 4. The van der Waals surface area contributed by atoms with Gasteiger partial charge in [0.2, 0.25) is 0 Å². The van der Waals surface area contributed by atoms with Crippen LogP contribution in [0, 0.1) is 5.92 Å². The van der Waals surface area contributed by atoms with Gasteiger partial charge in [0.1, 0.15) is 0 Å². The van der Waals surface area contributed by atoms with E-state index in [2.05, 4.69) is 28.4 Å². The molecule has 0 radical (unpaired) electrons. The molecule has 117 valence electrons. The number of halogens is 2. The summed E-state index contributed by atoms with van der Waals surface area (Å²) in [5.41, 5.74) is 5.82. The third kappa shape index (κ3) is 3.92. The van der Waals surface area contributed by atoms with Crippen molar-refractivity contribution in [3.8, 4) is 0 Å². The molecule has 0 heterocycles. The molecule has 4 nitrogen and oxygen atoms in total. The molecule has 0 aromatic heterocycles. The van der Waals surface area contributed by atoms with Gasteiger partial charge in [-0.15, -0.1) is 0 Å². The second kappa shape index (κ2) is 8.99. The Morgan fingerprint density at radius 3 is 2.24 bits per heavy atom. The van der Waals surface area contributed by atoms with Crippen LogP contribution in [0.25, 0.3) is 0 Å². The van der Waals surface area contributed by atoms with Crippen molar-refractivity contribution < 1.29 is 52.8 Å². The molecule has 0 fully saturated rings. The van der Waals surface area contributed by atoms with Gasteiger partial charge < -0.3 is 24.8 Å². The first-order valence-corrected chi connectivity index (χ1v) is 9.26. The molecule has 0 saturated carbocycles. The quantitative estimate of drug-likeness (QED) is 0.386. The van der Waals surface area contributed by atoms with Crippen molar-refractivity contribution in [2.24, 2.45) is 5.92 Å². The number of carbonyl (C=O) groups excluding carboxylic acids is 2. The van der Waals surface area contributed by atoms with E-state index in [1.807, 2.05) is 0 Å². The maximum absolute atomic E-state index is 10.8. The summed E-state index contributed by atoms with van der Waals surface area (Å²) in [6.07, 6.45) is 4.88. The van der Waals surface area contributed by atoms with Gasteiger partial charge in [0.15, 0.2) is 0 Å². The normalized spacial score (nSPS) is 23.6. The second-order valence-electron chi connectivity index (χ2n) is 5.35. The van der Waals surface area contributed by atoms with Crippen molar-refractivity contribution >= 4 is 12.8 Å². The molecular weight excluding hydrogens is 347 g/mol. The zero-order valence-corrected chi connectivity index (χ0v) is 15.6. The van der Waals surface area contributed by atoms with Crippen molar-refractivity contribution in [3.05, 3.63) is 22.3 Å². The predicted molar refractivity (Wildman–Crippen MR) is 70.6 cm³/mol. The molecule has 0 aliphatic heterocycles. The maximum Gasteiger partial charge on any atom is -1.00 e. The van der Waals surface area contributed by atoms with Gasteiger partial charge >= 0.3 is 121 Å². The SMILES string of the molecule is CC1=C(C)C(C)C2=C1[CH]([Ti+2]([NH]C=O)[NH]C=O)CCC2.[Cl-].[Cl-]. The van der Waals surface area contributed by atoms with Crippen molar-refractivity contribution in [1.82, 2.24) is 7.60 Å². The number of nitrogens with one attached hydrogen (secondary N) is 2. The van der Waals surface area contributed by atoms with Crippen LogP contribution >= 0.6 is 0 Å². The minimum atomic E-state index is -2.11. The average molecular weight is 368 g/mol. The van der Waals surface area contributed by atoms with Crippen LogP contribution in [0.5, 0.6) is 0 Å². The van der Waals surface area contributed by atoms with Crippen LogP contribution in [-0.2, 0) is 28.0 Å². The van der Waals surface area contributed by atoms with Crippen LogP contribution in [0.15, 0.2) is 22.3 Å². The van der Waals surface area contributed by atoms with Gasteiger partial charge in [-0.3, -0.25) is 0 Å². The van der Waals surface area contributed by atoms with E-state index in [1.165, 1.54) is 22.3 Å². The van der Waals surface area contributed by atoms with Crippen molar-refractivity contribution in [2.75, 3.05) is 0 Å². The fraction of sp³-hybridized carbons (Fsp3) is 0.571. The van der Waals surface area contributed by atoms with Crippen LogP contribution in [0.4, 0.5) is 0 Å². The summed E-state index contributed by atoms with van der Waals surface area (Å²) in [5.74, 6) is 0.532. The zero-order chi connectivity index (χ0) is 14.0. The number of hydrogen-bond donors (Lipinski definition) is 2. The first-order chi connectivity index (χ1) is 9.11. The number of amides is 2. The molecule has 21 heavy (non-hydrogen) atoms. The molecule has 2 amide bonds. The van der Waals surface area contributed by atoms with Gasteiger partial charge in [-0.1, -0.05) is 0 Å². The Kier molecular flexibility index (Phi) is 8.87. The predicted octanol–water partition coefficient (Wildman–Crippen LogP) is -3.81. The minimum Gasteiger partial charge on any atom is -1.00 e. The van der Waals surface area contributed by atoms with Crippen LogP contribution in [0.1, 0.15) is 40.0 Å². The van der Waals surface area contributed by atoms with E-state index in [0.29, 0.717) is 10.1 Å². The summed E-state index contributed by atoms with van der Waals surface area (Å²) < 4.78 is 6.17. The molecule has 0 bridgehead atoms. The molecule has 0 saturated heterocycles. The van der Waals surface area contributed by atoms with E-state index in [-0.39, 0.29) is 24.8 Å². The molecule has 2 rings (SSSR count). The number of carbonyl (C=O) groups is 2. The van der Waals surface area contributed by atoms with Gasteiger partial charge in [-0.25, -0.2) is 0 Å². The van der Waals surface area contributed by atoms with Crippen molar-refractivity contribution in [1.29, 1.82) is 0 Å². The molecule has 7 heteroatoms. The van der Waals surface area contributed by atoms with Crippen molar-refractivity contribution in [3.63, 3.8) is 0 Å².